The first-order valence-corrected chi connectivity index (χ1v) is 11.3. The number of anilines is 1. The minimum atomic E-state index is -3.71. The van der Waals surface area contributed by atoms with Gasteiger partial charge in [-0.15, -0.1) is 0 Å². The third kappa shape index (κ3) is 5.53. The van der Waals surface area contributed by atoms with Gasteiger partial charge in [-0.3, -0.25) is 15.0 Å². The molecule has 1 aliphatic rings. The van der Waals surface area contributed by atoms with Gasteiger partial charge in [0, 0.05) is 32.4 Å². The van der Waals surface area contributed by atoms with E-state index in [2.05, 4.69) is 29.3 Å². The maximum absolute atomic E-state index is 11.9. The summed E-state index contributed by atoms with van der Waals surface area (Å²) in [7, 11) is -3.71. The first-order chi connectivity index (χ1) is 13.7. The van der Waals surface area contributed by atoms with E-state index in [0.717, 1.165) is 43.6 Å². The lowest BCUT2D eigenvalue weighted by Gasteiger charge is -2.31. The van der Waals surface area contributed by atoms with E-state index in [1.807, 2.05) is 12.1 Å². The Morgan fingerprint density at radius 1 is 1.24 bits per heavy atom. The number of morpholine rings is 1. The van der Waals surface area contributed by atoms with Crippen LogP contribution in [0, 0.1) is 10.1 Å². The fraction of sp³-hybridized carbons (Fsp3) is 0.400. The molecule has 0 bridgehead atoms. The smallest absolute Gasteiger partial charge is 0.310 e. The molecule has 1 fully saturated rings. The van der Waals surface area contributed by atoms with Crippen molar-refractivity contribution in [3.05, 3.63) is 63.7 Å². The van der Waals surface area contributed by atoms with Crippen LogP contribution in [-0.2, 0) is 27.7 Å². The Labute approximate surface area is 170 Å². The van der Waals surface area contributed by atoms with Gasteiger partial charge in [-0.25, -0.2) is 8.42 Å². The van der Waals surface area contributed by atoms with Gasteiger partial charge in [-0.1, -0.05) is 30.3 Å². The summed E-state index contributed by atoms with van der Waals surface area (Å²) in [5, 5.41) is 14.5. The van der Waals surface area contributed by atoms with Gasteiger partial charge in [-0.2, -0.15) is 0 Å². The second kappa shape index (κ2) is 8.89. The van der Waals surface area contributed by atoms with Crippen molar-refractivity contribution in [1.82, 2.24) is 4.90 Å². The Hall–Kier alpha value is -2.49. The van der Waals surface area contributed by atoms with Crippen LogP contribution in [0.4, 0.5) is 11.4 Å². The fourth-order valence-electron chi connectivity index (χ4n) is 3.48. The normalized spacial score (nSPS) is 17.8. The predicted molar refractivity (Wildman–Crippen MR) is 111 cm³/mol. The van der Waals surface area contributed by atoms with Crippen molar-refractivity contribution in [3.63, 3.8) is 0 Å². The molecule has 0 spiro atoms. The van der Waals surface area contributed by atoms with Gasteiger partial charge in [0.05, 0.1) is 17.6 Å². The van der Waals surface area contributed by atoms with Gasteiger partial charge in [-0.05, 0) is 30.2 Å². The number of ether oxygens (including phenoxy) is 1. The van der Waals surface area contributed by atoms with Crippen molar-refractivity contribution in [2.45, 2.75) is 31.0 Å². The lowest BCUT2D eigenvalue weighted by atomic mass is 10.1. The summed E-state index contributed by atoms with van der Waals surface area (Å²) >= 11 is 0. The van der Waals surface area contributed by atoms with Crippen LogP contribution in [0.3, 0.4) is 0 Å². The minimum Gasteiger partial charge on any atom is -0.376 e. The van der Waals surface area contributed by atoms with E-state index in [1.54, 1.807) is 0 Å². The lowest BCUT2D eigenvalue weighted by molar-refractivity contribution is -0.386. The molecule has 1 unspecified atom stereocenters. The molecule has 1 N–H and O–H groups in total. The van der Waals surface area contributed by atoms with Crippen LogP contribution < -0.4 is 5.32 Å². The highest BCUT2D eigenvalue weighted by atomic mass is 32.2. The summed E-state index contributed by atoms with van der Waals surface area (Å²) in [6.45, 7) is 5.71. The molecular weight excluding hydrogens is 394 g/mol. The molecule has 2 aromatic rings. The average molecular weight is 420 g/mol. The minimum absolute atomic E-state index is 0.185. The molecule has 9 heteroatoms. The number of nitro benzene ring substituents is 1. The second-order valence-electron chi connectivity index (χ2n) is 7.27. The van der Waals surface area contributed by atoms with Gasteiger partial charge < -0.3 is 10.1 Å². The third-order valence-electron chi connectivity index (χ3n) is 4.79. The molecule has 1 saturated heterocycles. The quantitative estimate of drug-likeness (QED) is 0.544. The summed E-state index contributed by atoms with van der Waals surface area (Å²) in [5.41, 5.74) is 1.87. The van der Waals surface area contributed by atoms with Crippen molar-refractivity contribution < 1.29 is 18.1 Å². The molecule has 3 rings (SSSR count). The van der Waals surface area contributed by atoms with Gasteiger partial charge in [0.2, 0.25) is 0 Å². The first kappa shape index (κ1) is 21.2. The van der Waals surface area contributed by atoms with E-state index in [0.29, 0.717) is 6.54 Å². The molecule has 8 nitrogen and oxygen atoms in total. The second-order valence-corrected chi connectivity index (χ2v) is 9.26. The first-order valence-electron chi connectivity index (χ1n) is 9.37. The zero-order chi connectivity index (χ0) is 21.0. The number of hydrogen-bond donors (Lipinski definition) is 1. The topological polar surface area (TPSA) is 102 Å². The largest absolute Gasteiger partial charge is 0.376 e. The molecule has 0 aromatic heterocycles. The lowest BCUT2D eigenvalue weighted by Crippen LogP contribution is -2.40. The monoisotopic (exact) mass is 419 g/mol. The maximum Gasteiger partial charge on any atom is 0.310 e. The molecule has 0 aliphatic carbocycles. The van der Waals surface area contributed by atoms with Crippen molar-refractivity contribution in [1.29, 1.82) is 0 Å². The Morgan fingerprint density at radius 2 is 1.97 bits per heavy atom. The van der Waals surface area contributed by atoms with Crippen LogP contribution in [0.25, 0.3) is 0 Å². The fourth-order valence-corrected chi connectivity index (χ4v) is 4.34. The van der Waals surface area contributed by atoms with Crippen LogP contribution in [0.1, 0.15) is 18.1 Å². The zero-order valence-electron chi connectivity index (χ0n) is 16.5. The number of benzene rings is 2. The maximum atomic E-state index is 11.9. The van der Waals surface area contributed by atoms with E-state index in [1.165, 1.54) is 18.2 Å². The molecule has 0 saturated carbocycles. The number of rotatable bonds is 7. The number of nitro groups is 1. The zero-order valence-corrected chi connectivity index (χ0v) is 17.3. The van der Waals surface area contributed by atoms with Crippen LogP contribution in [-0.4, -0.2) is 50.3 Å². The number of para-hydroxylation sites is 1. The van der Waals surface area contributed by atoms with Gasteiger partial charge in [0.1, 0.15) is 10.6 Å². The molecule has 156 valence electrons. The van der Waals surface area contributed by atoms with Gasteiger partial charge in [0.25, 0.3) is 0 Å². The van der Waals surface area contributed by atoms with Crippen LogP contribution in [0.2, 0.25) is 0 Å². The van der Waals surface area contributed by atoms with E-state index in [4.69, 9.17) is 4.74 Å². The standard InChI is InChI=1S/C20H25N3O5S/c1-15-13-22(9-10-28-15)14-17-6-3-5-16(11-17)12-21-18-7-4-8-19(29(2,26)27)20(18)23(24)25/h3-8,11,15,21H,9-10,12-14H2,1-2H3. The van der Waals surface area contributed by atoms with Gasteiger partial charge in [0.15, 0.2) is 9.84 Å². The Bertz CT molecular complexity index is 993. The number of nitrogens with one attached hydrogen (secondary N) is 1. The van der Waals surface area contributed by atoms with Crippen molar-refractivity contribution in [2.75, 3.05) is 31.3 Å². The van der Waals surface area contributed by atoms with Crippen LogP contribution in [0.15, 0.2) is 47.4 Å². The van der Waals surface area contributed by atoms with E-state index in [9.17, 15) is 18.5 Å². The van der Waals surface area contributed by atoms with Gasteiger partial charge >= 0.3 is 5.69 Å². The summed E-state index contributed by atoms with van der Waals surface area (Å²) in [6.07, 6.45) is 1.19. The highest BCUT2D eigenvalue weighted by Crippen LogP contribution is 2.32. The third-order valence-corrected chi connectivity index (χ3v) is 5.92. The van der Waals surface area contributed by atoms with E-state index < -0.39 is 20.4 Å². The molecule has 1 heterocycles. The van der Waals surface area contributed by atoms with Crippen molar-refractivity contribution >= 4 is 21.2 Å². The van der Waals surface area contributed by atoms with Crippen LogP contribution >= 0.6 is 0 Å². The van der Waals surface area contributed by atoms with Crippen molar-refractivity contribution in [3.8, 4) is 0 Å². The number of hydrogen-bond acceptors (Lipinski definition) is 7. The molecule has 1 aliphatic heterocycles. The van der Waals surface area contributed by atoms with E-state index >= 15 is 0 Å². The molecule has 29 heavy (non-hydrogen) atoms. The van der Waals surface area contributed by atoms with E-state index in [-0.39, 0.29) is 16.7 Å². The number of nitrogens with zero attached hydrogens (tertiary/aromatic N) is 2. The van der Waals surface area contributed by atoms with Crippen LogP contribution in [0.5, 0.6) is 0 Å². The summed E-state index contributed by atoms with van der Waals surface area (Å²) in [6, 6.07) is 12.3. The Kier molecular flexibility index (Phi) is 6.51. The molecule has 0 radical (unpaired) electrons. The predicted octanol–water partition coefficient (Wildman–Crippen LogP) is 2.83. The summed E-state index contributed by atoms with van der Waals surface area (Å²) in [4.78, 5) is 12.9. The summed E-state index contributed by atoms with van der Waals surface area (Å²) in [5.74, 6) is 0. The molecule has 2 aromatic carbocycles. The Balaban J connectivity index is 1.74. The molecular formula is C20H25N3O5S. The SMILES string of the molecule is CC1CN(Cc2cccc(CNc3cccc(S(C)(=O)=O)c3[N+](=O)[O-])c2)CCO1. The van der Waals surface area contributed by atoms with Crippen molar-refractivity contribution in [2.24, 2.45) is 0 Å². The summed E-state index contributed by atoms with van der Waals surface area (Å²) < 4.78 is 29.4. The highest BCUT2D eigenvalue weighted by Gasteiger charge is 2.26. The molecule has 1 atom stereocenters. The number of sulfone groups is 1. The Morgan fingerprint density at radius 3 is 2.66 bits per heavy atom. The highest BCUT2D eigenvalue weighted by molar-refractivity contribution is 7.90. The average Bonchev–Trinajstić information content (AvgIpc) is 2.65. The molecule has 0 amide bonds.